The zero-order valence-corrected chi connectivity index (χ0v) is 19.9. The van der Waals surface area contributed by atoms with E-state index in [1.54, 1.807) is 49.4 Å². The first-order chi connectivity index (χ1) is 16.9. The molecule has 1 saturated heterocycles. The van der Waals surface area contributed by atoms with E-state index >= 15 is 0 Å². The van der Waals surface area contributed by atoms with Crippen molar-refractivity contribution >= 4 is 55.7 Å². The fourth-order valence-corrected chi connectivity index (χ4v) is 5.24. The van der Waals surface area contributed by atoms with Crippen molar-refractivity contribution in [2.75, 3.05) is 11.5 Å². The van der Waals surface area contributed by atoms with Crippen LogP contribution in [0.4, 0.5) is 5.13 Å². The molecule has 5 rings (SSSR count). The number of aliphatic hydroxyl groups is 1. The number of nitrogens with zero attached hydrogens (tertiary/aromatic N) is 3. The van der Waals surface area contributed by atoms with Gasteiger partial charge in [0.15, 0.2) is 16.6 Å². The molecule has 1 amide bonds. The first kappa shape index (κ1) is 22.8. The molecular weight excluding hydrogens is 490 g/mol. The quantitative estimate of drug-likeness (QED) is 0.220. The Morgan fingerprint density at radius 2 is 1.91 bits per heavy atom. The number of Topliss-reactive ketones (excluding diaryl/α,β-unsaturated/α-hetero) is 1. The molecule has 1 unspecified atom stereocenters. The third-order valence-corrected chi connectivity index (χ3v) is 6.80. The van der Waals surface area contributed by atoms with E-state index < -0.39 is 17.7 Å². The molecule has 1 aliphatic rings. The third-order valence-electron chi connectivity index (χ3n) is 5.54. The standard InChI is InChI=1S/C25H18ClN3O5S/c1-2-34-18-11-14(3-6-17(18)30)21-20(22(31)13-7-9-27-10-8-13)23(32)24(33)29(21)25-28-16-5-4-15(26)12-19(16)35-25/h3-12,21,30-31H,2H2,1H3. The number of aromatic nitrogens is 2. The van der Waals surface area contributed by atoms with Gasteiger partial charge in [0.05, 0.1) is 28.4 Å². The van der Waals surface area contributed by atoms with Gasteiger partial charge in [-0.15, -0.1) is 0 Å². The Hall–Kier alpha value is -3.95. The number of aliphatic hydroxyl groups excluding tert-OH is 1. The molecule has 4 aromatic rings. The molecule has 1 aliphatic heterocycles. The number of phenols is 1. The van der Waals surface area contributed by atoms with Gasteiger partial charge in [0, 0.05) is 23.0 Å². The highest BCUT2D eigenvalue weighted by molar-refractivity contribution is 7.22. The van der Waals surface area contributed by atoms with Crippen molar-refractivity contribution in [1.82, 2.24) is 9.97 Å². The number of anilines is 1. The van der Waals surface area contributed by atoms with E-state index in [9.17, 15) is 19.8 Å². The lowest BCUT2D eigenvalue weighted by Gasteiger charge is -2.23. The second kappa shape index (κ2) is 9.01. The minimum absolute atomic E-state index is 0.0867. The van der Waals surface area contributed by atoms with E-state index in [4.69, 9.17) is 16.3 Å². The zero-order chi connectivity index (χ0) is 24.7. The first-order valence-electron chi connectivity index (χ1n) is 10.6. The molecule has 35 heavy (non-hydrogen) atoms. The number of phenolic OH excluding ortho intramolecular Hbond substituents is 1. The molecule has 0 saturated carbocycles. The molecule has 2 aromatic heterocycles. The number of hydrogen-bond acceptors (Lipinski definition) is 8. The average Bonchev–Trinajstić information content (AvgIpc) is 3.38. The number of aromatic hydroxyl groups is 1. The van der Waals surface area contributed by atoms with Gasteiger partial charge < -0.3 is 14.9 Å². The molecule has 10 heteroatoms. The van der Waals surface area contributed by atoms with Crippen molar-refractivity contribution in [2.24, 2.45) is 0 Å². The van der Waals surface area contributed by atoms with Crippen LogP contribution in [0.2, 0.25) is 5.02 Å². The molecule has 2 aromatic carbocycles. The van der Waals surface area contributed by atoms with Crippen LogP contribution in [0.3, 0.4) is 0 Å². The van der Waals surface area contributed by atoms with Crippen molar-refractivity contribution in [1.29, 1.82) is 0 Å². The fraction of sp³-hybridized carbons (Fsp3) is 0.120. The number of thiazole rings is 1. The van der Waals surface area contributed by atoms with Gasteiger partial charge in [-0.25, -0.2) is 4.98 Å². The van der Waals surface area contributed by atoms with Crippen LogP contribution in [0.25, 0.3) is 16.0 Å². The molecule has 176 valence electrons. The predicted octanol–water partition coefficient (Wildman–Crippen LogP) is 5.08. The molecule has 0 aliphatic carbocycles. The van der Waals surface area contributed by atoms with E-state index in [1.807, 2.05) is 0 Å². The maximum Gasteiger partial charge on any atom is 0.301 e. The van der Waals surface area contributed by atoms with E-state index in [0.717, 1.165) is 4.70 Å². The number of rotatable bonds is 5. The summed E-state index contributed by atoms with van der Waals surface area (Å²) in [4.78, 5) is 36.4. The van der Waals surface area contributed by atoms with Crippen LogP contribution >= 0.6 is 22.9 Å². The predicted molar refractivity (Wildman–Crippen MR) is 133 cm³/mol. The highest BCUT2D eigenvalue weighted by atomic mass is 35.5. The summed E-state index contributed by atoms with van der Waals surface area (Å²) in [6, 6.07) is 11.8. The first-order valence-corrected chi connectivity index (χ1v) is 11.8. The van der Waals surface area contributed by atoms with Gasteiger partial charge in [0.1, 0.15) is 5.76 Å². The van der Waals surface area contributed by atoms with Gasteiger partial charge in [-0.2, -0.15) is 0 Å². The lowest BCUT2D eigenvalue weighted by Crippen LogP contribution is -2.29. The Morgan fingerprint density at radius 1 is 1.14 bits per heavy atom. The molecule has 8 nitrogen and oxygen atoms in total. The van der Waals surface area contributed by atoms with E-state index in [0.29, 0.717) is 28.3 Å². The van der Waals surface area contributed by atoms with Gasteiger partial charge in [0.25, 0.3) is 5.78 Å². The Kier molecular flexibility index (Phi) is 5.88. The molecule has 0 radical (unpaired) electrons. The van der Waals surface area contributed by atoms with Crippen LogP contribution in [0, 0.1) is 0 Å². The Labute approximate surface area is 208 Å². The van der Waals surface area contributed by atoms with Gasteiger partial charge in [-0.3, -0.25) is 19.5 Å². The van der Waals surface area contributed by atoms with E-state index in [-0.39, 0.29) is 28.0 Å². The van der Waals surface area contributed by atoms with Crippen LogP contribution in [0.1, 0.15) is 24.1 Å². The summed E-state index contributed by atoms with van der Waals surface area (Å²) >= 11 is 7.32. The van der Waals surface area contributed by atoms with Crippen molar-refractivity contribution in [3.63, 3.8) is 0 Å². The Bertz CT molecular complexity index is 1500. The second-order valence-corrected chi connectivity index (χ2v) is 9.12. The largest absolute Gasteiger partial charge is 0.507 e. The Balaban J connectivity index is 1.74. The van der Waals surface area contributed by atoms with Crippen LogP contribution in [0.5, 0.6) is 11.5 Å². The number of hydrogen-bond donors (Lipinski definition) is 2. The summed E-state index contributed by atoms with van der Waals surface area (Å²) in [5.74, 6) is -1.92. The number of halogens is 1. The van der Waals surface area contributed by atoms with Crippen molar-refractivity contribution in [3.05, 3.63) is 82.6 Å². The van der Waals surface area contributed by atoms with Gasteiger partial charge in [0.2, 0.25) is 0 Å². The minimum atomic E-state index is -1.01. The number of fused-ring (bicyclic) bond motifs is 1. The summed E-state index contributed by atoms with van der Waals surface area (Å²) in [7, 11) is 0. The maximum absolute atomic E-state index is 13.3. The van der Waals surface area contributed by atoms with Crippen LogP contribution in [-0.4, -0.2) is 38.5 Å². The summed E-state index contributed by atoms with van der Waals surface area (Å²) in [6.45, 7) is 2.07. The van der Waals surface area contributed by atoms with Gasteiger partial charge in [-0.1, -0.05) is 29.0 Å². The van der Waals surface area contributed by atoms with E-state index in [2.05, 4.69) is 9.97 Å². The molecule has 0 bridgehead atoms. The SMILES string of the molecule is CCOc1cc(C2C(=C(O)c3ccncc3)C(=O)C(=O)N2c2nc3ccc(Cl)cc3s2)ccc1O. The molecular formula is C25H18ClN3O5S. The second-order valence-electron chi connectivity index (χ2n) is 7.67. The van der Waals surface area contributed by atoms with Gasteiger partial charge >= 0.3 is 5.91 Å². The van der Waals surface area contributed by atoms with Gasteiger partial charge in [-0.05, 0) is 55.0 Å². The number of ketones is 1. The lowest BCUT2D eigenvalue weighted by atomic mass is 9.95. The highest BCUT2D eigenvalue weighted by Gasteiger charge is 2.48. The fourth-order valence-electron chi connectivity index (χ4n) is 3.97. The number of carbonyl (C=O) groups excluding carboxylic acids is 2. The summed E-state index contributed by atoms with van der Waals surface area (Å²) in [5, 5.41) is 22.1. The molecule has 0 spiro atoms. The van der Waals surface area contributed by atoms with Crippen molar-refractivity contribution < 1.29 is 24.5 Å². The monoisotopic (exact) mass is 507 g/mol. The third kappa shape index (κ3) is 3.98. The molecule has 2 N–H and O–H groups in total. The maximum atomic E-state index is 13.3. The van der Waals surface area contributed by atoms with Crippen LogP contribution in [-0.2, 0) is 9.59 Å². The number of carbonyl (C=O) groups is 2. The Morgan fingerprint density at radius 3 is 2.66 bits per heavy atom. The lowest BCUT2D eigenvalue weighted by molar-refractivity contribution is -0.132. The molecule has 1 atom stereocenters. The number of pyridine rings is 1. The molecule has 1 fully saturated rings. The average molecular weight is 508 g/mol. The summed E-state index contributed by atoms with van der Waals surface area (Å²) in [6.07, 6.45) is 2.95. The smallest absolute Gasteiger partial charge is 0.301 e. The summed E-state index contributed by atoms with van der Waals surface area (Å²) in [5.41, 5.74) is 1.30. The number of benzene rings is 2. The summed E-state index contributed by atoms with van der Waals surface area (Å²) < 4.78 is 6.26. The normalized spacial score (nSPS) is 17.3. The number of ether oxygens (including phenoxy) is 1. The molecule has 3 heterocycles. The minimum Gasteiger partial charge on any atom is -0.507 e. The van der Waals surface area contributed by atoms with Crippen LogP contribution in [0.15, 0.2) is 66.5 Å². The van der Waals surface area contributed by atoms with E-state index in [1.165, 1.54) is 34.7 Å². The highest BCUT2D eigenvalue weighted by Crippen LogP contribution is 2.45. The van der Waals surface area contributed by atoms with Crippen molar-refractivity contribution in [2.45, 2.75) is 13.0 Å². The topological polar surface area (TPSA) is 113 Å². The zero-order valence-electron chi connectivity index (χ0n) is 18.3. The van der Waals surface area contributed by atoms with Crippen LogP contribution < -0.4 is 9.64 Å². The van der Waals surface area contributed by atoms with Crippen molar-refractivity contribution in [3.8, 4) is 11.5 Å². The number of amides is 1.